The van der Waals surface area contributed by atoms with Gasteiger partial charge in [-0.2, -0.15) is 0 Å². The van der Waals surface area contributed by atoms with Gasteiger partial charge in [0.2, 0.25) is 0 Å². The Balaban J connectivity index is 1.35. The average molecular weight is 313 g/mol. The molecule has 5 fully saturated rings. The number of rotatable bonds is 5. The van der Waals surface area contributed by atoms with Crippen LogP contribution in [0, 0.1) is 58.2 Å². The zero-order valence-electron chi connectivity index (χ0n) is 15.6. The maximum absolute atomic E-state index is 4.08. The van der Waals surface area contributed by atoms with Gasteiger partial charge < -0.3 is 0 Å². The average Bonchev–Trinajstić information content (AvgIpc) is 3.38. The highest BCUT2D eigenvalue weighted by Gasteiger charge is 2.73. The lowest BCUT2D eigenvalue weighted by Crippen LogP contribution is -2.23. The molecular weight excluding hydrogens is 276 g/mol. The van der Waals surface area contributed by atoms with Gasteiger partial charge in [-0.15, -0.1) is 6.58 Å². The van der Waals surface area contributed by atoms with Crippen LogP contribution in [-0.4, -0.2) is 0 Å². The summed E-state index contributed by atoms with van der Waals surface area (Å²) in [7, 11) is 0. The first kappa shape index (κ1) is 15.0. The lowest BCUT2D eigenvalue weighted by Gasteiger charge is -2.30. The molecule has 0 amide bonds. The molecule has 5 saturated carbocycles. The van der Waals surface area contributed by atoms with E-state index in [2.05, 4.69) is 33.4 Å². The zero-order valence-corrected chi connectivity index (χ0v) is 15.6. The summed E-state index contributed by atoms with van der Waals surface area (Å²) in [5.41, 5.74) is 1.58. The van der Waals surface area contributed by atoms with Crippen molar-refractivity contribution in [2.45, 2.75) is 72.1 Å². The van der Waals surface area contributed by atoms with Crippen LogP contribution in [0.3, 0.4) is 0 Å². The Morgan fingerprint density at radius 3 is 2.48 bits per heavy atom. The van der Waals surface area contributed by atoms with Gasteiger partial charge in [0.1, 0.15) is 0 Å². The van der Waals surface area contributed by atoms with Gasteiger partial charge in [-0.3, -0.25) is 0 Å². The molecule has 0 aromatic carbocycles. The maximum Gasteiger partial charge on any atom is -0.0171 e. The van der Waals surface area contributed by atoms with Crippen LogP contribution in [0.25, 0.3) is 0 Å². The summed E-state index contributed by atoms with van der Waals surface area (Å²) in [5, 5.41) is 0. The Morgan fingerprint density at radius 1 is 1.04 bits per heavy atom. The number of fused-ring (bicyclic) bond motifs is 1. The topological polar surface area (TPSA) is 0 Å². The number of allylic oxidation sites excluding steroid dienone is 1. The first-order chi connectivity index (χ1) is 11.0. The normalized spacial score (nSPS) is 62.4. The molecule has 0 aliphatic heterocycles. The molecule has 0 saturated heterocycles. The van der Waals surface area contributed by atoms with Gasteiger partial charge in [-0.1, -0.05) is 33.3 Å². The molecule has 1 spiro atoms. The quantitative estimate of drug-likeness (QED) is 0.521. The lowest BCUT2D eigenvalue weighted by atomic mass is 9.74. The third-order valence-corrected chi connectivity index (χ3v) is 9.66. The van der Waals surface area contributed by atoms with Gasteiger partial charge in [0, 0.05) is 0 Å². The van der Waals surface area contributed by atoms with Gasteiger partial charge in [0.25, 0.3) is 0 Å². The van der Waals surface area contributed by atoms with Crippen LogP contribution in [0.15, 0.2) is 12.7 Å². The summed E-state index contributed by atoms with van der Waals surface area (Å²) < 4.78 is 0. The molecule has 0 nitrogen and oxygen atoms in total. The first-order valence-electron chi connectivity index (χ1n) is 10.7. The third kappa shape index (κ3) is 2.09. The molecule has 5 aliphatic rings. The van der Waals surface area contributed by atoms with E-state index >= 15 is 0 Å². The molecule has 5 aliphatic carbocycles. The second-order valence-corrected chi connectivity index (χ2v) is 10.6. The van der Waals surface area contributed by atoms with E-state index in [1.54, 1.807) is 38.5 Å². The van der Waals surface area contributed by atoms with Gasteiger partial charge in [-0.05, 0) is 103 Å². The van der Waals surface area contributed by atoms with Crippen molar-refractivity contribution in [1.29, 1.82) is 0 Å². The smallest absolute Gasteiger partial charge is 0.0171 e. The van der Waals surface area contributed by atoms with Crippen LogP contribution < -0.4 is 0 Å². The van der Waals surface area contributed by atoms with Gasteiger partial charge in [0.05, 0.1) is 0 Å². The van der Waals surface area contributed by atoms with Crippen molar-refractivity contribution in [3.63, 3.8) is 0 Å². The van der Waals surface area contributed by atoms with E-state index in [0.717, 1.165) is 58.2 Å². The summed E-state index contributed by atoms with van der Waals surface area (Å²) in [6, 6.07) is 0. The van der Waals surface area contributed by atoms with Gasteiger partial charge in [0.15, 0.2) is 0 Å². The van der Waals surface area contributed by atoms with Crippen LogP contribution in [0.2, 0.25) is 0 Å². The monoisotopic (exact) mass is 312 g/mol. The van der Waals surface area contributed by atoms with Crippen molar-refractivity contribution < 1.29 is 0 Å². The van der Waals surface area contributed by atoms with E-state index in [9.17, 15) is 0 Å². The molecule has 128 valence electrons. The highest BCUT2D eigenvalue weighted by molar-refractivity contribution is 5.25. The zero-order chi connectivity index (χ0) is 16.0. The standard InChI is InChI=1S/C23H36/c1-5-16-9-20(16)21-8-15(4)14(3)7-18-11-23(18,21)13-19-12-22(19)10-17(22)6-2/h6,14-21H,2,5,7-13H2,1,3-4H3. The Morgan fingerprint density at radius 2 is 1.83 bits per heavy atom. The largest absolute Gasteiger partial charge is 0.103 e. The van der Waals surface area contributed by atoms with Crippen molar-refractivity contribution in [2.75, 3.05) is 0 Å². The summed E-state index contributed by atoms with van der Waals surface area (Å²) in [6.07, 6.45) is 14.6. The molecule has 0 radical (unpaired) electrons. The molecule has 23 heavy (non-hydrogen) atoms. The Bertz CT molecular complexity index is 520. The van der Waals surface area contributed by atoms with Gasteiger partial charge in [-0.25, -0.2) is 0 Å². The highest BCUT2D eigenvalue weighted by atomic mass is 14.8. The maximum atomic E-state index is 4.08. The summed E-state index contributed by atoms with van der Waals surface area (Å²) in [6.45, 7) is 11.6. The van der Waals surface area contributed by atoms with Crippen molar-refractivity contribution in [2.24, 2.45) is 58.2 Å². The first-order valence-corrected chi connectivity index (χ1v) is 10.7. The SMILES string of the molecule is C=CC1CC12CC2CC12CC1CC(C)C(C)CC2C1CC1CC. The van der Waals surface area contributed by atoms with E-state index in [-0.39, 0.29) is 0 Å². The van der Waals surface area contributed by atoms with E-state index in [4.69, 9.17) is 0 Å². The fourth-order valence-electron chi connectivity index (χ4n) is 7.46. The highest BCUT2D eigenvalue weighted by Crippen LogP contribution is 2.81. The fourth-order valence-corrected chi connectivity index (χ4v) is 7.46. The van der Waals surface area contributed by atoms with E-state index in [1.807, 2.05) is 0 Å². The van der Waals surface area contributed by atoms with E-state index in [1.165, 1.54) is 12.8 Å². The predicted octanol–water partition coefficient (Wildman–Crippen LogP) is 6.32. The van der Waals surface area contributed by atoms with E-state index in [0.29, 0.717) is 0 Å². The van der Waals surface area contributed by atoms with Crippen molar-refractivity contribution >= 4 is 0 Å². The minimum absolute atomic E-state index is 0.783. The molecule has 0 bridgehead atoms. The lowest BCUT2D eigenvalue weighted by molar-refractivity contribution is 0.184. The molecule has 0 heteroatoms. The molecule has 10 atom stereocenters. The number of hydrogen-bond acceptors (Lipinski definition) is 0. The third-order valence-electron chi connectivity index (χ3n) is 9.66. The van der Waals surface area contributed by atoms with Crippen LogP contribution >= 0.6 is 0 Å². The minimum Gasteiger partial charge on any atom is -0.103 e. The fraction of sp³-hybridized carbons (Fsp3) is 0.913. The Hall–Kier alpha value is -0.260. The molecule has 0 aromatic heterocycles. The van der Waals surface area contributed by atoms with Crippen LogP contribution in [0.5, 0.6) is 0 Å². The Labute approximate surface area is 143 Å². The molecule has 0 heterocycles. The van der Waals surface area contributed by atoms with Gasteiger partial charge >= 0.3 is 0 Å². The molecule has 0 aromatic rings. The van der Waals surface area contributed by atoms with Crippen molar-refractivity contribution in [3.05, 3.63) is 12.7 Å². The molecular formula is C23H36. The molecule has 0 N–H and O–H groups in total. The molecule has 10 unspecified atom stereocenters. The second kappa shape index (κ2) is 4.67. The summed E-state index contributed by atoms with van der Waals surface area (Å²) in [5.74, 6) is 8.32. The van der Waals surface area contributed by atoms with Crippen LogP contribution in [-0.2, 0) is 0 Å². The summed E-state index contributed by atoms with van der Waals surface area (Å²) >= 11 is 0. The second-order valence-electron chi connectivity index (χ2n) is 10.6. The molecule has 5 rings (SSSR count). The van der Waals surface area contributed by atoms with Crippen LogP contribution in [0.1, 0.15) is 72.1 Å². The van der Waals surface area contributed by atoms with Crippen molar-refractivity contribution in [3.8, 4) is 0 Å². The minimum atomic E-state index is 0.783. The van der Waals surface area contributed by atoms with Crippen LogP contribution in [0.4, 0.5) is 0 Å². The number of hydrogen-bond donors (Lipinski definition) is 0. The van der Waals surface area contributed by atoms with E-state index < -0.39 is 0 Å². The predicted molar refractivity (Wildman–Crippen MR) is 96.9 cm³/mol. The Kier molecular flexibility index (Phi) is 3.05. The summed E-state index contributed by atoms with van der Waals surface area (Å²) in [4.78, 5) is 0. The van der Waals surface area contributed by atoms with Crippen molar-refractivity contribution in [1.82, 2.24) is 0 Å².